The Kier molecular flexibility index (Phi) is 6.58. The molecule has 0 bridgehead atoms. The van der Waals surface area contributed by atoms with Crippen LogP contribution in [0.5, 0.6) is 5.75 Å². The highest BCUT2D eigenvalue weighted by atomic mass is 19.4. The number of halogens is 3. The van der Waals surface area contributed by atoms with Gasteiger partial charge in [-0.2, -0.15) is 18.3 Å². The summed E-state index contributed by atoms with van der Waals surface area (Å²) >= 11 is 0. The Morgan fingerprint density at radius 1 is 1.12 bits per heavy atom. The van der Waals surface area contributed by atoms with Gasteiger partial charge in [0.2, 0.25) is 0 Å². The number of benzene rings is 1. The summed E-state index contributed by atoms with van der Waals surface area (Å²) in [6.07, 6.45) is -5.26. The maximum absolute atomic E-state index is 13.9. The number of piperazine rings is 1. The molecule has 34 heavy (non-hydrogen) atoms. The number of methoxy groups -OCH3 is 1. The van der Waals surface area contributed by atoms with Crippen LogP contribution in [0.15, 0.2) is 30.3 Å². The van der Waals surface area contributed by atoms with Crippen molar-refractivity contribution in [2.45, 2.75) is 31.6 Å². The average molecular weight is 481 g/mol. The van der Waals surface area contributed by atoms with E-state index in [0.717, 1.165) is 4.68 Å². The number of carbonyl (C=O) groups excluding carboxylic acids is 2. The lowest BCUT2D eigenvalue weighted by molar-refractivity contribution is -0.173. The van der Waals surface area contributed by atoms with Gasteiger partial charge >= 0.3 is 12.3 Å². The van der Waals surface area contributed by atoms with Crippen LogP contribution in [0.4, 0.5) is 23.8 Å². The van der Waals surface area contributed by atoms with E-state index < -0.39 is 30.3 Å². The third-order valence-corrected chi connectivity index (χ3v) is 6.02. The van der Waals surface area contributed by atoms with Crippen molar-refractivity contribution in [1.29, 1.82) is 0 Å². The monoisotopic (exact) mass is 481 g/mol. The van der Waals surface area contributed by atoms with Crippen LogP contribution < -0.4 is 10.1 Å². The summed E-state index contributed by atoms with van der Waals surface area (Å²) in [5, 5.41) is 7.12. The van der Waals surface area contributed by atoms with Gasteiger partial charge in [0.15, 0.2) is 11.7 Å². The van der Waals surface area contributed by atoms with Crippen molar-refractivity contribution >= 4 is 17.8 Å². The topological polar surface area (TPSA) is 88.9 Å². The van der Waals surface area contributed by atoms with E-state index in [1.807, 2.05) is 0 Å². The number of nitrogens with zero attached hydrogens (tertiary/aromatic N) is 4. The van der Waals surface area contributed by atoms with Crippen LogP contribution >= 0.6 is 0 Å². The molecule has 12 heteroatoms. The molecule has 184 valence electrons. The second-order valence-electron chi connectivity index (χ2n) is 8.10. The van der Waals surface area contributed by atoms with E-state index in [1.54, 1.807) is 31.2 Å². The Morgan fingerprint density at radius 3 is 2.35 bits per heavy atom. The van der Waals surface area contributed by atoms with Gasteiger partial charge in [-0.1, -0.05) is 12.1 Å². The minimum atomic E-state index is -4.54. The summed E-state index contributed by atoms with van der Waals surface area (Å²) in [4.78, 5) is 27.8. The predicted octanol–water partition coefficient (Wildman–Crippen LogP) is 3.47. The minimum absolute atomic E-state index is 0.0725. The van der Waals surface area contributed by atoms with Crippen LogP contribution in [0.1, 0.15) is 41.5 Å². The Hall–Kier alpha value is -3.44. The summed E-state index contributed by atoms with van der Waals surface area (Å²) in [5.74, 6) is 0.255. The normalized spacial score (nSPS) is 20.4. The number of fused-ring (bicyclic) bond motifs is 1. The van der Waals surface area contributed by atoms with E-state index in [2.05, 4.69) is 10.4 Å². The van der Waals surface area contributed by atoms with E-state index in [9.17, 15) is 22.8 Å². The molecule has 1 fully saturated rings. The lowest BCUT2D eigenvalue weighted by Gasteiger charge is -2.33. The highest BCUT2D eigenvalue weighted by molar-refractivity contribution is 5.93. The molecule has 1 N–H and O–H groups in total. The van der Waals surface area contributed by atoms with E-state index >= 15 is 0 Å². The van der Waals surface area contributed by atoms with Crippen molar-refractivity contribution in [3.8, 4) is 5.75 Å². The highest BCUT2D eigenvalue weighted by Gasteiger charge is 2.47. The average Bonchev–Trinajstić information content (AvgIpc) is 3.26. The summed E-state index contributed by atoms with van der Waals surface area (Å²) < 4.78 is 52.7. The van der Waals surface area contributed by atoms with E-state index in [1.165, 1.54) is 23.0 Å². The molecule has 2 atom stereocenters. The van der Waals surface area contributed by atoms with Gasteiger partial charge in [-0.15, -0.1) is 0 Å². The second-order valence-corrected chi connectivity index (χ2v) is 8.10. The standard InChI is InChI=1S/C22H26F3N5O4/c1-3-34-21(32)29-10-8-28(9-11-29)20(31)17-13-19-26-16(14-4-6-15(33-2)7-5-14)12-18(22(23,24)25)30(19)27-17/h4-7,13,16,18,26H,3,8-12H2,1-2H3/t16-,18-/m0/s1. The summed E-state index contributed by atoms with van der Waals surface area (Å²) in [6, 6.07) is 5.67. The molecule has 0 unspecified atom stereocenters. The number of rotatable bonds is 4. The maximum atomic E-state index is 13.9. The van der Waals surface area contributed by atoms with Crippen molar-refractivity contribution in [1.82, 2.24) is 19.6 Å². The van der Waals surface area contributed by atoms with Crippen molar-refractivity contribution in [2.24, 2.45) is 0 Å². The first-order chi connectivity index (χ1) is 16.2. The zero-order chi connectivity index (χ0) is 24.5. The molecule has 3 heterocycles. The molecule has 9 nitrogen and oxygen atoms in total. The second kappa shape index (κ2) is 9.43. The molecule has 0 spiro atoms. The van der Waals surface area contributed by atoms with Crippen LogP contribution in [0, 0.1) is 0 Å². The van der Waals surface area contributed by atoms with Crippen LogP contribution in [0.3, 0.4) is 0 Å². The number of hydrogen-bond donors (Lipinski definition) is 1. The molecule has 2 aromatic rings. The molecule has 4 rings (SSSR count). The molecule has 0 saturated carbocycles. The first-order valence-electron chi connectivity index (χ1n) is 11.0. The van der Waals surface area contributed by atoms with Crippen LogP contribution in [-0.2, 0) is 4.74 Å². The fraction of sp³-hybridized carbons (Fsp3) is 0.500. The molecule has 2 amide bonds. The first kappa shape index (κ1) is 23.7. The Morgan fingerprint density at radius 2 is 1.76 bits per heavy atom. The largest absolute Gasteiger partial charge is 0.497 e. The van der Waals surface area contributed by atoms with E-state index in [4.69, 9.17) is 9.47 Å². The van der Waals surface area contributed by atoms with Crippen LogP contribution in [0.2, 0.25) is 0 Å². The van der Waals surface area contributed by atoms with Crippen molar-refractivity contribution in [3.05, 3.63) is 41.6 Å². The summed E-state index contributed by atoms with van der Waals surface area (Å²) in [7, 11) is 1.52. The molecule has 2 aliphatic rings. The minimum Gasteiger partial charge on any atom is -0.497 e. The van der Waals surface area contributed by atoms with Gasteiger partial charge < -0.3 is 24.6 Å². The summed E-state index contributed by atoms with van der Waals surface area (Å²) in [6.45, 7) is 3.00. The number of anilines is 1. The van der Waals surface area contributed by atoms with Crippen LogP contribution in [-0.4, -0.2) is 77.7 Å². The molecular formula is C22H26F3N5O4. The summed E-state index contributed by atoms with van der Waals surface area (Å²) in [5.41, 5.74) is 0.599. The molecule has 1 saturated heterocycles. The molecule has 2 aliphatic heterocycles. The van der Waals surface area contributed by atoms with Crippen LogP contribution in [0.25, 0.3) is 0 Å². The molecule has 0 aliphatic carbocycles. The lowest BCUT2D eigenvalue weighted by Crippen LogP contribution is -2.50. The first-order valence-corrected chi connectivity index (χ1v) is 11.0. The third kappa shape index (κ3) is 4.75. The van der Waals surface area contributed by atoms with Gasteiger partial charge in [-0.25, -0.2) is 9.48 Å². The number of amides is 2. The lowest BCUT2D eigenvalue weighted by atomic mass is 9.97. The number of aromatic nitrogens is 2. The SMILES string of the molecule is CCOC(=O)N1CCN(C(=O)c2cc3n(n2)[C@H](C(F)(F)F)C[C@@H](c2ccc(OC)cc2)N3)CC1. The number of nitrogens with one attached hydrogen (secondary N) is 1. The van der Waals surface area contributed by atoms with Crippen molar-refractivity contribution < 1.29 is 32.2 Å². The number of ether oxygens (including phenoxy) is 2. The fourth-order valence-electron chi connectivity index (χ4n) is 4.20. The zero-order valence-corrected chi connectivity index (χ0v) is 18.8. The van der Waals surface area contributed by atoms with Gasteiger partial charge in [0.1, 0.15) is 11.6 Å². The molecule has 1 aromatic carbocycles. The predicted molar refractivity (Wildman–Crippen MR) is 116 cm³/mol. The Bertz CT molecular complexity index is 1030. The van der Waals surface area contributed by atoms with Gasteiger partial charge in [0, 0.05) is 38.7 Å². The van der Waals surface area contributed by atoms with Crippen molar-refractivity contribution in [3.63, 3.8) is 0 Å². The maximum Gasteiger partial charge on any atom is 0.410 e. The van der Waals surface area contributed by atoms with E-state index in [-0.39, 0.29) is 50.7 Å². The smallest absolute Gasteiger partial charge is 0.410 e. The Labute approximate surface area is 194 Å². The van der Waals surface area contributed by atoms with E-state index in [0.29, 0.717) is 11.3 Å². The molecular weight excluding hydrogens is 455 g/mol. The Balaban J connectivity index is 1.53. The fourth-order valence-corrected chi connectivity index (χ4v) is 4.20. The highest BCUT2D eigenvalue weighted by Crippen LogP contribution is 2.43. The van der Waals surface area contributed by atoms with Gasteiger partial charge in [0.25, 0.3) is 5.91 Å². The quantitative estimate of drug-likeness (QED) is 0.720. The molecule has 1 aromatic heterocycles. The van der Waals surface area contributed by atoms with Gasteiger partial charge in [-0.3, -0.25) is 4.79 Å². The molecule has 0 radical (unpaired) electrons. The van der Waals surface area contributed by atoms with Gasteiger partial charge in [0.05, 0.1) is 19.8 Å². The number of alkyl halides is 3. The van der Waals surface area contributed by atoms with Gasteiger partial charge in [-0.05, 0) is 24.6 Å². The third-order valence-electron chi connectivity index (χ3n) is 6.02. The van der Waals surface area contributed by atoms with Crippen molar-refractivity contribution in [2.75, 3.05) is 45.2 Å². The number of hydrogen-bond acceptors (Lipinski definition) is 6. The number of carbonyl (C=O) groups is 2. The zero-order valence-electron chi connectivity index (χ0n) is 18.8.